The van der Waals surface area contributed by atoms with Crippen molar-refractivity contribution < 1.29 is 17.9 Å². The van der Waals surface area contributed by atoms with Crippen molar-refractivity contribution in [3.05, 3.63) is 16.6 Å². The van der Waals surface area contributed by atoms with Gasteiger partial charge in [0.15, 0.2) is 0 Å². The average molecular weight is 345 g/mol. The first kappa shape index (κ1) is 15.9. The first-order valence-corrected chi connectivity index (χ1v) is 9.99. The largest absolute Gasteiger partial charge is 0.371 e. The highest BCUT2D eigenvalue weighted by molar-refractivity contribution is 7.88. The average Bonchev–Trinajstić information content (AvgIpc) is 3.03. The van der Waals surface area contributed by atoms with Crippen LogP contribution in [0.4, 0.5) is 0 Å². The van der Waals surface area contributed by atoms with Crippen LogP contribution in [0.1, 0.15) is 23.3 Å². The van der Waals surface area contributed by atoms with Crippen molar-refractivity contribution in [2.24, 2.45) is 5.92 Å². The van der Waals surface area contributed by atoms with Gasteiger partial charge in [0, 0.05) is 18.5 Å². The summed E-state index contributed by atoms with van der Waals surface area (Å²) in [6.45, 7) is 2.21. The molecule has 1 spiro atoms. The van der Waals surface area contributed by atoms with Crippen LogP contribution in [0.5, 0.6) is 0 Å². The number of amides is 1. The summed E-state index contributed by atoms with van der Waals surface area (Å²) in [7, 11) is -3.16. The predicted octanol–water partition coefficient (Wildman–Crippen LogP) is 0.314. The maximum Gasteiger partial charge on any atom is 0.273 e. The summed E-state index contributed by atoms with van der Waals surface area (Å²) in [5.74, 6) is 0.219. The Balaban J connectivity index is 1.55. The van der Waals surface area contributed by atoms with Crippen LogP contribution < -0.4 is 4.72 Å². The molecular weight excluding hydrogens is 326 g/mol. The number of carbonyl (C=O) groups excluding carboxylic acids is 1. The third kappa shape index (κ3) is 3.17. The van der Waals surface area contributed by atoms with Crippen LogP contribution in [0.15, 0.2) is 10.9 Å². The maximum absolute atomic E-state index is 12.2. The molecule has 1 N–H and O–H groups in total. The smallest absolute Gasteiger partial charge is 0.273 e. The van der Waals surface area contributed by atoms with Crippen LogP contribution in [-0.2, 0) is 14.8 Å². The maximum atomic E-state index is 12.2. The van der Waals surface area contributed by atoms with Gasteiger partial charge in [-0.15, -0.1) is 11.3 Å². The quantitative estimate of drug-likeness (QED) is 0.830. The fourth-order valence-corrected chi connectivity index (χ4v) is 4.20. The standard InChI is InChI=1S/C13H19N3O4S2/c1-22(18,19)15-4-2-10-3-5-20-13(10)7-16(8-13)12(17)11-6-21-9-14-11/h6,9-10,15H,2-5,7-8H2,1H3. The van der Waals surface area contributed by atoms with Gasteiger partial charge in [0.25, 0.3) is 5.91 Å². The van der Waals surface area contributed by atoms with Crippen LogP contribution in [-0.4, -0.2) is 62.3 Å². The van der Waals surface area contributed by atoms with E-state index in [4.69, 9.17) is 4.74 Å². The van der Waals surface area contributed by atoms with Crippen LogP contribution in [0.25, 0.3) is 0 Å². The molecule has 0 aromatic carbocycles. The van der Waals surface area contributed by atoms with Crippen LogP contribution >= 0.6 is 11.3 Å². The number of nitrogens with one attached hydrogen (secondary N) is 1. The van der Waals surface area contributed by atoms with E-state index in [0.29, 0.717) is 31.9 Å². The third-order valence-electron chi connectivity index (χ3n) is 4.31. The molecular formula is C13H19N3O4S2. The fraction of sp³-hybridized carbons (Fsp3) is 0.692. The van der Waals surface area contributed by atoms with E-state index in [1.165, 1.54) is 11.3 Å². The van der Waals surface area contributed by atoms with Gasteiger partial charge in [0.05, 0.1) is 24.9 Å². The second-order valence-corrected chi connectivity index (χ2v) is 8.44. The monoisotopic (exact) mass is 345 g/mol. The first-order chi connectivity index (χ1) is 10.4. The normalized spacial score (nSPS) is 23.7. The van der Waals surface area contributed by atoms with E-state index in [9.17, 15) is 13.2 Å². The van der Waals surface area contributed by atoms with Crippen LogP contribution in [0.3, 0.4) is 0 Å². The Hall–Kier alpha value is -1.03. The zero-order valence-corrected chi connectivity index (χ0v) is 14.0. The van der Waals surface area contributed by atoms with Crippen molar-refractivity contribution >= 4 is 27.3 Å². The highest BCUT2D eigenvalue weighted by Gasteiger charge is 2.54. The minimum Gasteiger partial charge on any atom is -0.371 e. The van der Waals surface area contributed by atoms with Gasteiger partial charge in [-0.2, -0.15) is 0 Å². The predicted molar refractivity (Wildman–Crippen MR) is 82.3 cm³/mol. The van der Waals surface area contributed by atoms with Crippen molar-refractivity contribution in [2.75, 3.05) is 32.5 Å². The number of hydrogen-bond acceptors (Lipinski definition) is 6. The van der Waals surface area contributed by atoms with E-state index in [1.54, 1.807) is 15.8 Å². The molecule has 1 atom stereocenters. The van der Waals surface area contributed by atoms with Crippen molar-refractivity contribution in [3.63, 3.8) is 0 Å². The molecule has 1 amide bonds. The number of aromatic nitrogens is 1. The lowest BCUT2D eigenvalue weighted by atomic mass is 9.79. The molecule has 2 aliphatic rings. The Kier molecular flexibility index (Phi) is 4.23. The second-order valence-electron chi connectivity index (χ2n) is 5.89. The zero-order valence-electron chi connectivity index (χ0n) is 12.3. The van der Waals surface area contributed by atoms with Crippen LogP contribution in [0.2, 0.25) is 0 Å². The molecule has 0 saturated carbocycles. The van der Waals surface area contributed by atoms with Gasteiger partial charge in [0.2, 0.25) is 10.0 Å². The Morgan fingerprint density at radius 3 is 3.00 bits per heavy atom. The number of hydrogen-bond donors (Lipinski definition) is 1. The molecule has 0 radical (unpaired) electrons. The highest BCUT2D eigenvalue weighted by Crippen LogP contribution is 2.41. The Labute approximate surface area is 133 Å². The Morgan fingerprint density at radius 1 is 1.59 bits per heavy atom. The summed E-state index contributed by atoms with van der Waals surface area (Å²) >= 11 is 1.40. The molecule has 122 valence electrons. The lowest BCUT2D eigenvalue weighted by Gasteiger charge is -2.50. The zero-order chi connectivity index (χ0) is 15.8. The van der Waals surface area contributed by atoms with E-state index >= 15 is 0 Å². The van der Waals surface area contributed by atoms with Gasteiger partial charge in [0.1, 0.15) is 11.3 Å². The fourth-order valence-electron chi connectivity index (χ4n) is 3.18. The van der Waals surface area contributed by atoms with Crippen molar-refractivity contribution in [1.29, 1.82) is 0 Å². The number of sulfonamides is 1. The number of thiazole rings is 1. The summed E-state index contributed by atoms with van der Waals surface area (Å²) in [4.78, 5) is 18.0. The lowest BCUT2D eigenvalue weighted by Crippen LogP contribution is -2.66. The molecule has 2 fully saturated rings. The van der Waals surface area contributed by atoms with Gasteiger partial charge in [-0.1, -0.05) is 0 Å². The molecule has 2 aliphatic heterocycles. The second kappa shape index (κ2) is 5.88. The molecule has 0 bridgehead atoms. The summed E-state index contributed by atoms with van der Waals surface area (Å²) in [6, 6.07) is 0. The number of ether oxygens (including phenoxy) is 1. The Morgan fingerprint density at radius 2 is 2.36 bits per heavy atom. The summed E-state index contributed by atoms with van der Waals surface area (Å²) in [5, 5.41) is 1.75. The number of likely N-dealkylation sites (tertiary alicyclic amines) is 1. The minimum atomic E-state index is -3.16. The van der Waals surface area contributed by atoms with Gasteiger partial charge < -0.3 is 9.64 Å². The molecule has 0 aliphatic carbocycles. The molecule has 7 nitrogen and oxygen atoms in total. The molecule has 1 unspecified atom stereocenters. The SMILES string of the molecule is CS(=O)(=O)NCCC1CCOC12CN(C(=O)c1cscn1)C2. The molecule has 22 heavy (non-hydrogen) atoms. The van der Waals surface area contributed by atoms with Gasteiger partial charge in [-0.05, 0) is 18.8 Å². The van der Waals surface area contributed by atoms with Gasteiger partial charge in [-0.3, -0.25) is 4.79 Å². The highest BCUT2D eigenvalue weighted by atomic mass is 32.2. The topological polar surface area (TPSA) is 88.6 Å². The van der Waals surface area contributed by atoms with E-state index in [0.717, 1.165) is 19.1 Å². The summed E-state index contributed by atoms with van der Waals surface area (Å²) in [6.07, 6.45) is 2.79. The third-order valence-corrected chi connectivity index (χ3v) is 5.63. The Bertz CT molecular complexity index is 638. The van der Waals surface area contributed by atoms with E-state index in [-0.39, 0.29) is 17.4 Å². The van der Waals surface area contributed by atoms with Gasteiger partial charge in [-0.25, -0.2) is 18.1 Å². The molecule has 9 heteroatoms. The number of rotatable bonds is 5. The van der Waals surface area contributed by atoms with E-state index in [1.807, 2.05) is 0 Å². The summed E-state index contributed by atoms with van der Waals surface area (Å²) in [5.41, 5.74) is 1.83. The van der Waals surface area contributed by atoms with Crippen molar-refractivity contribution in [1.82, 2.24) is 14.6 Å². The molecule has 3 heterocycles. The van der Waals surface area contributed by atoms with E-state index in [2.05, 4.69) is 9.71 Å². The molecule has 1 aromatic heterocycles. The lowest BCUT2D eigenvalue weighted by molar-refractivity contribution is -0.117. The molecule has 3 rings (SSSR count). The first-order valence-electron chi connectivity index (χ1n) is 7.16. The van der Waals surface area contributed by atoms with Crippen LogP contribution in [0, 0.1) is 5.92 Å². The summed E-state index contributed by atoms with van der Waals surface area (Å²) < 4.78 is 30.6. The van der Waals surface area contributed by atoms with E-state index < -0.39 is 10.0 Å². The number of nitrogens with zero attached hydrogens (tertiary/aromatic N) is 2. The van der Waals surface area contributed by atoms with Crippen molar-refractivity contribution in [2.45, 2.75) is 18.4 Å². The van der Waals surface area contributed by atoms with Crippen molar-refractivity contribution in [3.8, 4) is 0 Å². The molecule has 1 aromatic rings. The van der Waals surface area contributed by atoms with Gasteiger partial charge >= 0.3 is 0 Å². The minimum absolute atomic E-state index is 0.0598. The molecule has 2 saturated heterocycles. The number of carbonyl (C=O) groups is 1.